The third-order valence-electron chi connectivity index (χ3n) is 5.19. The van der Waals surface area contributed by atoms with E-state index in [9.17, 15) is 0 Å². The molecule has 0 spiro atoms. The number of para-hydroxylation sites is 1. The van der Waals surface area contributed by atoms with Crippen LogP contribution in [0.1, 0.15) is 12.0 Å². The predicted molar refractivity (Wildman–Crippen MR) is 114 cm³/mol. The first-order chi connectivity index (χ1) is 13.2. The number of ether oxygens (including phenoxy) is 1. The van der Waals surface area contributed by atoms with Crippen LogP contribution in [0.3, 0.4) is 0 Å². The Hall–Kier alpha value is -1.46. The van der Waals surface area contributed by atoms with Crippen molar-refractivity contribution >= 4 is 34.3 Å². The first-order valence-corrected chi connectivity index (χ1v) is 10.7. The highest BCUT2D eigenvalue weighted by Gasteiger charge is 2.17. The van der Waals surface area contributed by atoms with Gasteiger partial charge in [0.25, 0.3) is 0 Å². The van der Waals surface area contributed by atoms with Gasteiger partial charge in [0.15, 0.2) is 0 Å². The SMILES string of the molecule is Cn1c(Sc2ccc(Cl)cc2)c(CCCN2CCOCC2)c2ccccc21. The highest BCUT2D eigenvalue weighted by atomic mass is 35.5. The molecular weight excluding hydrogens is 376 g/mol. The first-order valence-electron chi connectivity index (χ1n) is 9.52. The number of hydrogen-bond acceptors (Lipinski definition) is 3. The molecule has 3 nitrogen and oxygen atoms in total. The Morgan fingerprint density at radius 3 is 2.56 bits per heavy atom. The van der Waals surface area contributed by atoms with Crippen molar-refractivity contribution in [2.45, 2.75) is 22.8 Å². The molecule has 0 radical (unpaired) electrons. The lowest BCUT2D eigenvalue weighted by atomic mass is 10.1. The zero-order valence-corrected chi connectivity index (χ0v) is 17.2. The van der Waals surface area contributed by atoms with Gasteiger partial charge in [-0.3, -0.25) is 4.90 Å². The first kappa shape index (κ1) is 18.9. The average molecular weight is 401 g/mol. The Labute approximate surface area is 170 Å². The molecular formula is C22H25ClN2OS. The standard InChI is InChI=1S/C22H25ClN2OS/c1-24-21-7-3-2-5-19(21)20(6-4-12-25-13-15-26-16-14-25)22(24)27-18-10-8-17(23)9-11-18/h2-3,5,7-11H,4,6,12-16H2,1H3. The van der Waals surface area contributed by atoms with Gasteiger partial charge in [0.2, 0.25) is 0 Å². The maximum absolute atomic E-state index is 6.06. The van der Waals surface area contributed by atoms with E-state index >= 15 is 0 Å². The number of nitrogens with zero attached hydrogens (tertiary/aromatic N) is 2. The summed E-state index contributed by atoms with van der Waals surface area (Å²) in [6.07, 6.45) is 2.26. The molecule has 1 fully saturated rings. The summed E-state index contributed by atoms with van der Waals surface area (Å²) in [4.78, 5) is 3.74. The Balaban J connectivity index is 1.58. The molecule has 1 aliphatic rings. The lowest BCUT2D eigenvalue weighted by molar-refractivity contribution is 0.0374. The van der Waals surface area contributed by atoms with Gasteiger partial charge >= 0.3 is 0 Å². The van der Waals surface area contributed by atoms with Gasteiger partial charge in [-0.2, -0.15) is 0 Å². The van der Waals surface area contributed by atoms with Crippen LogP contribution in [0.15, 0.2) is 58.5 Å². The van der Waals surface area contributed by atoms with Crippen molar-refractivity contribution in [2.75, 3.05) is 32.8 Å². The Morgan fingerprint density at radius 2 is 1.78 bits per heavy atom. The van der Waals surface area contributed by atoms with Crippen LogP contribution in [0, 0.1) is 0 Å². The molecule has 27 heavy (non-hydrogen) atoms. The molecule has 1 aliphatic heterocycles. The van der Waals surface area contributed by atoms with E-state index in [1.165, 1.54) is 32.8 Å². The molecule has 0 saturated carbocycles. The lowest BCUT2D eigenvalue weighted by Gasteiger charge is -2.26. The van der Waals surface area contributed by atoms with Gasteiger partial charge in [-0.25, -0.2) is 0 Å². The molecule has 1 aromatic heterocycles. The van der Waals surface area contributed by atoms with E-state index in [0.29, 0.717) is 0 Å². The molecule has 0 N–H and O–H groups in total. The minimum Gasteiger partial charge on any atom is -0.379 e. The summed E-state index contributed by atoms with van der Waals surface area (Å²) in [5.41, 5.74) is 2.76. The number of morpholine rings is 1. The van der Waals surface area contributed by atoms with Crippen molar-refractivity contribution in [1.82, 2.24) is 9.47 Å². The van der Waals surface area contributed by atoms with E-state index in [2.05, 4.69) is 52.9 Å². The molecule has 0 amide bonds. The molecule has 0 aliphatic carbocycles. The Bertz CT molecular complexity index is 901. The number of fused-ring (bicyclic) bond motifs is 1. The van der Waals surface area contributed by atoms with Crippen LogP contribution in [-0.2, 0) is 18.2 Å². The molecule has 0 atom stereocenters. The second-order valence-corrected chi connectivity index (χ2v) is 8.47. The number of benzene rings is 2. The summed E-state index contributed by atoms with van der Waals surface area (Å²) in [6.45, 7) is 4.99. The zero-order valence-electron chi connectivity index (χ0n) is 15.7. The van der Waals surface area contributed by atoms with Crippen molar-refractivity contribution < 1.29 is 4.74 Å². The van der Waals surface area contributed by atoms with Crippen molar-refractivity contribution in [3.8, 4) is 0 Å². The topological polar surface area (TPSA) is 17.4 Å². The summed E-state index contributed by atoms with van der Waals surface area (Å²) >= 11 is 7.89. The van der Waals surface area contributed by atoms with Crippen LogP contribution in [0.5, 0.6) is 0 Å². The van der Waals surface area contributed by atoms with Gasteiger partial charge in [0, 0.05) is 41.0 Å². The van der Waals surface area contributed by atoms with Gasteiger partial charge in [0.1, 0.15) is 0 Å². The Kier molecular flexibility index (Phi) is 6.08. The predicted octanol–water partition coefficient (Wildman–Crippen LogP) is 5.25. The van der Waals surface area contributed by atoms with Crippen LogP contribution >= 0.6 is 23.4 Å². The van der Waals surface area contributed by atoms with Crippen molar-refractivity contribution in [3.63, 3.8) is 0 Å². The number of aryl methyl sites for hydroxylation is 2. The highest BCUT2D eigenvalue weighted by Crippen LogP contribution is 2.37. The second-order valence-electron chi connectivity index (χ2n) is 6.97. The van der Waals surface area contributed by atoms with Crippen LogP contribution in [0.4, 0.5) is 0 Å². The quantitative estimate of drug-likeness (QED) is 0.562. The van der Waals surface area contributed by atoms with E-state index in [0.717, 1.165) is 44.3 Å². The fourth-order valence-electron chi connectivity index (χ4n) is 3.74. The molecule has 3 aromatic rings. The van der Waals surface area contributed by atoms with Gasteiger partial charge in [-0.15, -0.1) is 0 Å². The minimum absolute atomic E-state index is 0.780. The molecule has 2 aromatic carbocycles. The maximum atomic E-state index is 6.06. The normalized spacial score (nSPS) is 15.5. The summed E-state index contributed by atoms with van der Waals surface area (Å²) in [5, 5.41) is 3.49. The van der Waals surface area contributed by atoms with Gasteiger partial charge < -0.3 is 9.30 Å². The third kappa shape index (κ3) is 4.35. The number of hydrogen-bond donors (Lipinski definition) is 0. The van der Waals surface area contributed by atoms with Crippen LogP contribution in [0.25, 0.3) is 10.9 Å². The van der Waals surface area contributed by atoms with Crippen molar-refractivity contribution in [2.24, 2.45) is 7.05 Å². The Morgan fingerprint density at radius 1 is 1.04 bits per heavy atom. The molecule has 4 rings (SSSR count). The monoisotopic (exact) mass is 400 g/mol. The number of aromatic nitrogens is 1. The fourth-order valence-corrected chi connectivity index (χ4v) is 4.93. The minimum atomic E-state index is 0.780. The van der Waals surface area contributed by atoms with Crippen LogP contribution in [-0.4, -0.2) is 42.3 Å². The molecule has 142 valence electrons. The van der Waals surface area contributed by atoms with Gasteiger partial charge in [0.05, 0.1) is 18.2 Å². The van der Waals surface area contributed by atoms with E-state index in [-0.39, 0.29) is 0 Å². The van der Waals surface area contributed by atoms with E-state index in [1.54, 1.807) is 0 Å². The third-order valence-corrected chi connectivity index (χ3v) is 6.66. The van der Waals surface area contributed by atoms with E-state index in [4.69, 9.17) is 16.3 Å². The fraction of sp³-hybridized carbons (Fsp3) is 0.364. The average Bonchev–Trinajstić information content (AvgIpc) is 2.97. The molecule has 2 heterocycles. The smallest absolute Gasteiger partial charge is 0.0837 e. The van der Waals surface area contributed by atoms with Crippen LogP contribution in [0.2, 0.25) is 5.02 Å². The summed E-state index contributed by atoms with van der Waals surface area (Å²) < 4.78 is 7.79. The zero-order chi connectivity index (χ0) is 18.6. The summed E-state index contributed by atoms with van der Waals surface area (Å²) in [5.74, 6) is 0. The van der Waals surface area contributed by atoms with Crippen LogP contribution < -0.4 is 0 Å². The lowest BCUT2D eigenvalue weighted by Crippen LogP contribution is -2.36. The van der Waals surface area contributed by atoms with Gasteiger partial charge in [-0.1, -0.05) is 41.6 Å². The molecule has 0 unspecified atom stereocenters. The van der Waals surface area contributed by atoms with Gasteiger partial charge in [-0.05, 0) is 55.3 Å². The second kappa shape index (κ2) is 8.70. The number of halogens is 1. The van der Waals surface area contributed by atoms with Crippen molar-refractivity contribution in [3.05, 3.63) is 59.1 Å². The summed E-state index contributed by atoms with van der Waals surface area (Å²) in [6, 6.07) is 16.9. The summed E-state index contributed by atoms with van der Waals surface area (Å²) in [7, 11) is 2.17. The largest absolute Gasteiger partial charge is 0.379 e. The highest BCUT2D eigenvalue weighted by molar-refractivity contribution is 7.99. The maximum Gasteiger partial charge on any atom is 0.0837 e. The molecule has 1 saturated heterocycles. The van der Waals surface area contributed by atoms with Crippen molar-refractivity contribution in [1.29, 1.82) is 0 Å². The molecule has 0 bridgehead atoms. The molecule has 5 heteroatoms. The van der Waals surface area contributed by atoms with E-state index in [1.807, 2.05) is 23.9 Å². The number of rotatable bonds is 6. The van der Waals surface area contributed by atoms with E-state index < -0.39 is 0 Å².